The fourth-order valence-electron chi connectivity index (χ4n) is 2.25. The van der Waals surface area contributed by atoms with Gasteiger partial charge in [0.2, 0.25) is 0 Å². The van der Waals surface area contributed by atoms with Gasteiger partial charge in [-0.2, -0.15) is 5.10 Å². The van der Waals surface area contributed by atoms with Crippen LogP contribution < -0.4 is 0 Å². The molecule has 1 aromatic carbocycles. The number of hydrogen-bond donors (Lipinski definition) is 0. The first-order chi connectivity index (χ1) is 9.00. The molecule has 6 nitrogen and oxygen atoms in total. The van der Waals surface area contributed by atoms with Crippen molar-refractivity contribution in [2.45, 2.75) is 6.92 Å². The van der Waals surface area contributed by atoms with Crippen LogP contribution in [0.25, 0.3) is 21.9 Å². The van der Waals surface area contributed by atoms with Gasteiger partial charge in [-0.25, -0.2) is 4.98 Å². The number of non-ortho nitro benzene ring substituents is 1. The number of hydrogen-bond acceptors (Lipinski definition) is 4. The topological polar surface area (TPSA) is 73.8 Å². The Morgan fingerprint density at radius 3 is 2.84 bits per heavy atom. The molecule has 19 heavy (non-hydrogen) atoms. The first-order valence-electron chi connectivity index (χ1n) is 5.56. The van der Waals surface area contributed by atoms with Gasteiger partial charge in [-0.15, -0.1) is 0 Å². The minimum atomic E-state index is -0.458. The number of aromatic nitrogens is 3. The van der Waals surface area contributed by atoms with Crippen LogP contribution in [0, 0.1) is 17.0 Å². The fraction of sp³-hybridized carbons (Fsp3) is 0.167. The molecule has 0 N–H and O–H groups in total. The molecule has 0 unspecified atom stereocenters. The van der Waals surface area contributed by atoms with Gasteiger partial charge >= 0.3 is 0 Å². The molecule has 2 heterocycles. The van der Waals surface area contributed by atoms with Crippen LogP contribution in [0.1, 0.15) is 5.69 Å². The van der Waals surface area contributed by atoms with Gasteiger partial charge in [0.25, 0.3) is 5.69 Å². The van der Waals surface area contributed by atoms with Crippen molar-refractivity contribution in [3.8, 4) is 0 Å². The van der Waals surface area contributed by atoms with Crippen molar-refractivity contribution in [2.75, 3.05) is 0 Å². The van der Waals surface area contributed by atoms with E-state index in [0.29, 0.717) is 16.1 Å². The predicted octanol–water partition coefficient (Wildman–Crippen LogP) is 2.99. The summed E-state index contributed by atoms with van der Waals surface area (Å²) in [5, 5.41) is 17.1. The molecular formula is C12H9ClN4O2. The highest BCUT2D eigenvalue weighted by Crippen LogP contribution is 2.35. The van der Waals surface area contributed by atoms with E-state index in [1.54, 1.807) is 23.9 Å². The maximum Gasteiger partial charge on any atom is 0.295 e. The molecule has 0 fully saturated rings. The van der Waals surface area contributed by atoms with E-state index in [0.717, 1.165) is 11.1 Å². The lowest BCUT2D eigenvalue weighted by Crippen LogP contribution is -1.95. The van der Waals surface area contributed by atoms with Crippen molar-refractivity contribution in [3.05, 3.63) is 39.0 Å². The zero-order valence-electron chi connectivity index (χ0n) is 10.2. The number of fused-ring (bicyclic) bond motifs is 2. The van der Waals surface area contributed by atoms with E-state index in [9.17, 15) is 10.1 Å². The minimum Gasteiger partial charge on any atom is -0.258 e. The normalized spacial score (nSPS) is 11.3. The lowest BCUT2D eigenvalue weighted by molar-refractivity contribution is -0.383. The summed E-state index contributed by atoms with van der Waals surface area (Å²) < 4.78 is 1.58. The molecule has 0 aliphatic carbocycles. The Kier molecular flexibility index (Phi) is 2.43. The molecule has 2 aromatic heterocycles. The second-order valence-corrected chi connectivity index (χ2v) is 4.64. The predicted molar refractivity (Wildman–Crippen MR) is 72.4 cm³/mol. The van der Waals surface area contributed by atoms with E-state index in [-0.39, 0.29) is 11.2 Å². The average molecular weight is 277 g/mol. The Morgan fingerprint density at radius 1 is 1.42 bits per heavy atom. The Labute approximate surface area is 112 Å². The second-order valence-electron chi connectivity index (χ2n) is 4.26. The molecule has 7 heteroatoms. The van der Waals surface area contributed by atoms with E-state index < -0.39 is 4.92 Å². The number of pyridine rings is 1. The quantitative estimate of drug-likeness (QED) is 0.506. The number of halogens is 1. The Morgan fingerprint density at radius 2 is 2.16 bits per heavy atom. The largest absolute Gasteiger partial charge is 0.295 e. The molecule has 0 aliphatic rings. The summed E-state index contributed by atoms with van der Waals surface area (Å²) in [6.07, 6.45) is 0. The lowest BCUT2D eigenvalue weighted by atomic mass is 10.1. The average Bonchev–Trinajstić information content (AvgIpc) is 2.64. The molecule has 0 bridgehead atoms. The zero-order valence-corrected chi connectivity index (χ0v) is 11.0. The maximum absolute atomic E-state index is 11.1. The summed E-state index contributed by atoms with van der Waals surface area (Å²) in [6.45, 7) is 1.83. The smallest absolute Gasteiger partial charge is 0.258 e. The van der Waals surface area contributed by atoms with Crippen molar-refractivity contribution >= 4 is 39.2 Å². The first-order valence-corrected chi connectivity index (χ1v) is 5.94. The summed E-state index contributed by atoms with van der Waals surface area (Å²) >= 11 is 6.35. The summed E-state index contributed by atoms with van der Waals surface area (Å²) in [6, 6.07) is 4.75. The maximum atomic E-state index is 11.1. The van der Waals surface area contributed by atoms with E-state index in [1.165, 1.54) is 6.07 Å². The van der Waals surface area contributed by atoms with Crippen LogP contribution in [0.5, 0.6) is 0 Å². The van der Waals surface area contributed by atoms with Crippen molar-refractivity contribution in [1.29, 1.82) is 0 Å². The molecule has 3 aromatic rings. The Bertz CT molecular complexity index is 841. The third kappa shape index (κ3) is 1.57. The molecular weight excluding hydrogens is 268 g/mol. The van der Waals surface area contributed by atoms with Gasteiger partial charge in [-0.1, -0.05) is 23.7 Å². The third-order valence-corrected chi connectivity index (χ3v) is 3.47. The van der Waals surface area contributed by atoms with Gasteiger partial charge < -0.3 is 0 Å². The molecule has 0 amide bonds. The number of aryl methyl sites for hydroxylation is 2. The lowest BCUT2D eigenvalue weighted by Gasteiger charge is -2.03. The number of para-hydroxylation sites is 1. The van der Waals surface area contributed by atoms with E-state index in [4.69, 9.17) is 11.6 Å². The zero-order chi connectivity index (χ0) is 13.7. The Hall–Kier alpha value is -2.21. The molecule has 0 aliphatic heterocycles. The number of nitro benzene ring substituents is 1. The van der Waals surface area contributed by atoms with Crippen LogP contribution in [-0.4, -0.2) is 19.7 Å². The molecule has 0 spiro atoms. The van der Waals surface area contributed by atoms with Crippen LogP contribution in [-0.2, 0) is 7.05 Å². The van der Waals surface area contributed by atoms with Gasteiger partial charge in [-0.05, 0) is 6.92 Å². The summed E-state index contributed by atoms with van der Waals surface area (Å²) in [4.78, 5) is 14.9. The monoisotopic (exact) mass is 276 g/mol. The highest BCUT2D eigenvalue weighted by atomic mass is 35.5. The third-order valence-electron chi connectivity index (χ3n) is 3.08. The highest BCUT2D eigenvalue weighted by Gasteiger charge is 2.19. The van der Waals surface area contributed by atoms with Crippen LogP contribution in [0.3, 0.4) is 0 Å². The van der Waals surface area contributed by atoms with Crippen LogP contribution in [0.4, 0.5) is 5.69 Å². The van der Waals surface area contributed by atoms with Gasteiger partial charge in [-0.3, -0.25) is 14.8 Å². The molecule has 0 atom stereocenters. The number of rotatable bonds is 1. The molecule has 3 rings (SSSR count). The molecule has 0 saturated heterocycles. The van der Waals surface area contributed by atoms with Crippen molar-refractivity contribution in [3.63, 3.8) is 0 Å². The van der Waals surface area contributed by atoms with Gasteiger partial charge in [0.1, 0.15) is 0 Å². The van der Waals surface area contributed by atoms with E-state index in [2.05, 4.69) is 10.1 Å². The summed E-state index contributed by atoms with van der Waals surface area (Å²) in [5.41, 5.74) is 1.53. The van der Waals surface area contributed by atoms with Crippen LogP contribution in [0.2, 0.25) is 5.02 Å². The number of benzene rings is 1. The number of nitrogens with zero attached hydrogens (tertiary/aromatic N) is 4. The number of nitro groups is 1. The van der Waals surface area contributed by atoms with Crippen molar-refractivity contribution < 1.29 is 4.92 Å². The summed E-state index contributed by atoms with van der Waals surface area (Å²) in [7, 11) is 1.74. The molecule has 96 valence electrons. The second kappa shape index (κ2) is 3.89. The first kappa shape index (κ1) is 11.9. The molecule has 0 radical (unpaired) electrons. The standard InChI is InChI=1S/C12H9ClN4O2/c1-6-9-10(13)7-4-3-5-8(17(18)19)11(7)14-12(9)16(2)15-6/h3-5H,1-2H3. The van der Waals surface area contributed by atoms with Gasteiger partial charge in [0, 0.05) is 18.5 Å². The van der Waals surface area contributed by atoms with E-state index in [1.807, 2.05) is 6.92 Å². The van der Waals surface area contributed by atoms with E-state index >= 15 is 0 Å². The highest BCUT2D eigenvalue weighted by molar-refractivity contribution is 6.40. The molecule has 0 saturated carbocycles. The Balaban J connectivity index is 2.59. The SMILES string of the molecule is Cc1nn(C)c2nc3c([N+](=O)[O-])cccc3c(Cl)c12. The minimum absolute atomic E-state index is 0.0554. The summed E-state index contributed by atoms with van der Waals surface area (Å²) in [5.74, 6) is 0. The van der Waals surface area contributed by atoms with Gasteiger partial charge in [0.05, 0.1) is 21.0 Å². The van der Waals surface area contributed by atoms with Gasteiger partial charge in [0.15, 0.2) is 11.2 Å². The van der Waals surface area contributed by atoms with Crippen molar-refractivity contribution in [1.82, 2.24) is 14.8 Å². The van der Waals surface area contributed by atoms with Crippen LogP contribution >= 0.6 is 11.6 Å². The van der Waals surface area contributed by atoms with Crippen molar-refractivity contribution in [2.24, 2.45) is 7.05 Å². The fourth-order valence-corrected chi connectivity index (χ4v) is 2.62. The van der Waals surface area contributed by atoms with Crippen LogP contribution in [0.15, 0.2) is 18.2 Å².